The summed E-state index contributed by atoms with van der Waals surface area (Å²) in [6, 6.07) is 4.61. The van der Waals surface area contributed by atoms with Gasteiger partial charge in [-0.2, -0.15) is 5.26 Å². The minimum absolute atomic E-state index is 0.158. The molecule has 2 aliphatic rings. The van der Waals surface area contributed by atoms with E-state index in [0.717, 1.165) is 12.1 Å². The van der Waals surface area contributed by atoms with Crippen LogP contribution < -0.4 is 5.32 Å². The average Bonchev–Trinajstić information content (AvgIpc) is 2.58. The van der Waals surface area contributed by atoms with Crippen LogP contribution in [0, 0.1) is 34.3 Å². The average molecular weight is 350 g/mol. The van der Waals surface area contributed by atoms with Crippen LogP contribution in [0.25, 0.3) is 0 Å². The van der Waals surface area contributed by atoms with Crippen LogP contribution in [0.3, 0.4) is 0 Å². The van der Waals surface area contributed by atoms with Gasteiger partial charge in [0, 0.05) is 24.8 Å². The second-order valence-electron chi connectivity index (χ2n) is 6.81. The van der Waals surface area contributed by atoms with E-state index in [-0.39, 0.29) is 24.3 Å². The quantitative estimate of drug-likeness (QED) is 0.872. The first-order valence-electron chi connectivity index (χ1n) is 8.38. The second kappa shape index (κ2) is 7.06. The zero-order chi connectivity index (χ0) is 18.0. The highest BCUT2D eigenvalue weighted by atomic mass is 19.1. The highest BCUT2D eigenvalue weighted by Crippen LogP contribution is 2.40. The summed E-state index contributed by atoms with van der Waals surface area (Å²) in [5.41, 5.74) is -1.03. The molecule has 0 aromatic heterocycles. The first-order valence-corrected chi connectivity index (χ1v) is 8.38. The topological polar surface area (TPSA) is 82.4 Å². The SMILES string of the molecule is N#CC1(C(=O)N[C@@H](c2ccc(F)cc2F)C2CC(O)C2)CCOCC1. The molecule has 5 nitrogen and oxygen atoms in total. The number of aliphatic hydroxyl groups is 1. The van der Waals surface area contributed by atoms with E-state index in [4.69, 9.17) is 4.74 Å². The molecule has 3 rings (SSSR count). The number of amides is 1. The molecule has 2 N–H and O–H groups in total. The molecule has 1 aliphatic carbocycles. The van der Waals surface area contributed by atoms with Crippen molar-refractivity contribution in [1.82, 2.24) is 5.32 Å². The maximum Gasteiger partial charge on any atom is 0.241 e. The van der Waals surface area contributed by atoms with Gasteiger partial charge in [0.15, 0.2) is 0 Å². The Kier molecular flexibility index (Phi) is 5.02. The van der Waals surface area contributed by atoms with Crippen molar-refractivity contribution in [3.8, 4) is 6.07 Å². The van der Waals surface area contributed by atoms with Crippen LogP contribution in [0.15, 0.2) is 18.2 Å². The van der Waals surface area contributed by atoms with E-state index in [2.05, 4.69) is 11.4 Å². The maximum absolute atomic E-state index is 14.2. The van der Waals surface area contributed by atoms with Crippen molar-refractivity contribution in [2.45, 2.75) is 37.8 Å². The standard InChI is InChI=1S/C18H20F2N2O3/c19-12-1-2-14(15(20)9-12)16(11-7-13(23)8-11)22-17(24)18(10-21)3-5-25-6-4-18/h1-2,9,11,13,16,23H,3-8H2,(H,22,24)/t11?,13?,16-/m1/s1. The fourth-order valence-corrected chi connectivity index (χ4v) is 3.49. The molecule has 0 unspecified atom stereocenters. The summed E-state index contributed by atoms with van der Waals surface area (Å²) in [4.78, 5) is 12.8. The third-order valence-corrected chi connectivity index (χ3v) is 5.20. The Morgan fingerprint density at radius 1 is 1.36 bits per heavy atom. The van der Waals surface area contributed by atoms with Crippen LogP contribution in [-0.2, 0) is 9.53 Å². The van der Waals surface area contributed by atoms with E-state index in [1.807, 2.05) is 0 Å². The van der Waals surface area contributed by atoms with Gasteiger partial charge in [0.05, 0.1) is 18.2 Å². The van der Waals surface area contributed by atoms with Crippen LogP contribution in [0.1, 0.15) is 37.3 Å². The number of aliphatic hydroxyl groups excluding tert-OH is 1. The van der Waals surface area contributed by atoms with Gasteiger partial charge in [-0.25, -0.2) is 8.78 Å². The molecule has 1 saturated carbocycles. The highest BCUT2D eigenvalue weighted by Gasteiger charge is 2.44. The lowest BCUT2D eigenvalue weighted by Gasteiger charge is -2.40. The molecule has 1 aromatic carbocycles. The number of nitriles is 1. The van der Waals surface area contributed by atoms with Crippen LogP contribution >= 0.6 is 0 Å². The lowest BCUT2D eigenvalue weighted by molar-refractivity contribution is -0.134. The van der Waals surface area contributed by atoms with Gasteiger partial charge in [-0.1, -0.05) is 6.07 Å². The van der Waals surface area contributed by atoms with Crippen LogP contribution in [-0.4, -0.2) is 30.3 Å². The number of halogens is 2. The van der Waals surface area contributed by atoms with E-state index in [1.165, 1.54) is 6.07 Å². The molecule has 1 saturated heterocycles. The summed E-state index contributed by atoms with van der Waals surface area (Å²) in [5, 5.41) is 21.9. The predicted molar refractivity (Wildman–Crippen MR) is 84.1 cm³/mol. The number of ether oxygens (including phenoxy) is 1. The Bertz CT molecular complexity index is 692. The van der Waals surface area contributed by atoms with Gasteiger partial charge in [-0.3, -0.25) is 4.79 Å². The van der Waals surface area contributed by atoms with Crippen molar-refractivity contribution in [3.63, 3.8) is 0 Å². The predicted octanol–water partition coefficient (Wildman–Crippen LogP) is 2.21. The number of hydrogen-bond donors (Lipinski definition) is 2. The molecule has 1 aliphatic heterocycles. The molecular formula is C18H20F2N2O3. The number of benzene rings is 1. The molecule has 25 heavy (non-hydrogen) atoms. The van der Waals surface area contributed by atoms with Crippen molar-refractivity contribution in [2.75, 3.05) is 13.2 Å². The van der Waals surface area contributed by atoms with E-state index in [0.29, 0.717) is 26.1 Å². The number of hydrogen-bond acceptors (Lipinski definition) is 4. The zero-order valence-corrected chi connectivity index (χ0v) is 13.7. The Morgan fingerprint density at radius 2 is 2.04 bits per heavy atom. The first kappa shape index (κ1) is 17.8. The minimum atomic E-state index is -1.20. The second-order valence-corrected chi connectivity index (χ2v) is 6.81. The largest absolute Gasteiger partial charge is 0.393 e. The fourth-order valence-electron chi connectivity index (χ4n) is 3.49. The number of nitrogens with zero attached hydrogens (tertiary/aromatic N) is 1. The zero-order valence-electron chi connectivity index (χ0n) is 13.7. The molecule has 0 spiro atoms. The summed E-state index contributed by atoms with van der Waals surface area (Å²) in [6.07, 6.45) is 0.915. The summed E-state index contributed by atoms with van der Waals surface area (Å²) in [6.45, 7) is 0.636. The number of carbonyl (C=O) groups excluding carboxylic acids is 1. The molecule has 134 valence electrons. The van der Waals surface area contributed by atoms with Crippen LogP contribution in [0.4, 0.5) is 8.78 Å². The molecule has 1 amide bonds. The smallest absolute Gasteiger partial charge is 0.241 e. The lowest BCUT2D eigenvalue weighted by Crippen LogP contribution is -2.48. The van der Waals surface area contributed by atoms with Crippen molar-refractivity contribution < 1.29 is 23.4 Å². The van der Waals surface area contributed by atoms with Crippen molar-refractivity contribution >= 4 is 5.91 Å². The maximum atomic E-state index is 14.2. The Labute approximate surface area is 144 Å². The molecule has 0 radical (unpaired) electrons. The van der Waals surface area contributed by atoms with Gasteiger partial charge in [0.25, 0.3) is 0 Å². The fraction of sp³-hybridized carbons (Fsp3) is 0.556. The molecule has 0 bridgehead atoms. The van der Waals surface area contributed by atoms with Gasteiger partial charge in [-0.05, 0) is 37.7 Å². The van der Waals surface area contributed by atoms with Crippen molar-refractivity contribution in [3.05, 3.63) is 35.4 Å². The summed E-state index contributed by atoms with van der Waals surface area (Å²) in [7, 11) is 0. The molecule has 2 fully saturated rings. The van der Waals surface area contributed by atoms with Gasteiger partial charge in [-0.15, -0.1) is 0 Å². The molecular weight excluding hydrogens is 330 g/mol. The van der Waals surface area contributed by atoms with Crippen molar-refractivity contribution in [1.29, 1.82) is 5.26 Å². The van der Waals surface area contributed by atoms with E-state index < -0.39 is 35.1 Å². The van der Waals surface area contributed by atoms with Crippen LogP contribution in [0.5, 0.6) is 0 Å². The Hall–Kier alpha value is -2.04. The van der Waals surface area contributed by atoms with Gasteiger partial charge < -0.3 is 15.2 Å². The number of carbonyl (C=O) groups is 1. The third-order valence-electron chi connectivity index (χ3n) is 5.20. The van der Waals surface area contributed by atoms with Gasteiger partial charge in [0.2, 0.25) is 5.91 Å². The van der Waals surface area contributed by atoms with E-state index in [1.54, 1.807) is 0 Å². The van der Waals surface area contributed by atoms with Gasteiger partial charge >= 0.3 is 0 Å². The number of rotatable bonds is 4. The number of nitrogens with one attached hydrogen (secondary N) is 1. The third kappa shape index (κ3) is 3.51. The highest BCUT2D eigenvalue weighted by molar-refractivity contribution is 5.86. The van der Waals surface area contributed by atoms with Crippen LogP contribution in [0.2, 0.25) is 0 Å². The van der Waals surface area contributed by atoms with E-state index >= 15 is 0 Å². The summed E-state index contributed by atoms with van der Waals surface area (Å²) in [5.74, 6) is -2.06. The van der Waals surface area contributed by atoms with Crippen molar-refractivity contribution in [2.24, 2.45) is 11.3 Å². The summed E-state index contributed by atoms with van der Waals surface area (Å²) >= 11 is 0. The monoisotopic (exact) mass is 350 g/mol. The Balaban J connectivity index is 1.85. The Morgan fingerprint density at radius 3 is 2.60 bits per heavy atom. The van der Waals surface area contributed by atoms with Gasteiger partial charge in [0.1, 0.15) is 17.0 Å². The summed E-state index contributed by atoms with van der Waals surface area (Å²) < 4.78 is 32.7. The normalized spacial score (nSPS) is 26.2. The minimum Gasteiger partial charge on any atom is -0.393 e. The first-order chi connectivity index (χ1) is 11.9. The molecule has 1 heterocycles. The molecule has 7 heteroatoms. The van der Waals surface area contributed by atoms with E-state index in [9.17, 15) is 23.9 Å². The molecule has 1 atom stereocenters. The lowest BCUT2D eigenvalue weighted by atomic mass is 9.74. The molecule has 1 aromatic rings.